The highest BCUT2D eigenvalue weighted by Gasteiger charge is 2.43. The maximum Gasteiger partial charge on any atom is 0.223 e. The second kappa shape index (κ2) is 11.3. The van der Waals surface area contributed by atoms with E-state index in [2.05, 4.69) is 60.8 Å². The average Bonchev–Trinajstić information content (AvgIpc) is 3.31. The number of fused-ring (bicyclic) bond motifs is 1. The van der Waals surface area contributed by atoms with E-state index in [1.807, 2.05) is 23.8 Å². The molecule has 1 aromatic carbocycles. The van der Waals surface area contributed by atoms with Crippen LogP contribution in [0.2, 0.25) is 0 Å². The molecule has 8 nitrogen and oxygen atoms in total. The number of aliphatic hydroxyl groups excluding tert-OH is 1. The summed E-state index contributed by atoms with van der Waals surface area (Å²) in [4.78, 5) is 21.3. The highest BCUT2D eigenvalue weighted by Crippen LogP contribution is 2.39. The van der Waals surface area contributed by atoms with E-state index in [0.717, 1.165) is 41.4 Å². The Morgan fingerprint density at radius 1 is 1.24 bits per heavy atom. The number of nitrogens with zero attached hydrogens (tertiary/aromatic N) is 3. The molecule has 0 bridgehead atoms. The molecule has 4 atom stereocenters. The van der Waals surface area contributed by atoms with Gasteiger partial charge in [-0.25, -0.2) is 9.97 Å². The van der Waals surface area contributed by atoms with Crippen LogP contribution < -0.4 is 16.4 Å². The number of carbonyl (C=O) groups is 1. The van der Waals surface area contributed by atoms with Crippen LogP contribution in [0.4, 0.5) is 5.82 Å². The Morgan fingerprint density at radius 3 is 2.82 bits per heavy atom. The van der Waals surface area contributed by atoms with Crippen molar-refractivity contribution in [2.75, 3.05) is 25.4 Å². The molecule has 3 aromatic rings. The Bertz CT molecular complexity index is 1110. The Hall–Kier alpha value is -2.49. The lowest BCUT2D eigenvalue weighted by Gasteiger charge is -2.18. The van der Waals surface area contributed by atoms with Gasteiger partial charge in [0.25, 0.3) is 0 Å². The summed E-state index contributed by atoms with van der Waals surface area (Å²) >= 11 is 3.53. The van der Waals surface area contributed by atoms with Crippen LogP contribution in [0, 0.1) is 17.8 Å². The number of anilines is 1. The van der Waals surface area contributed by atoms with Crippen molar-refractivity contribution in [2.45, 2.75) is 38.8 Å². The van der Waals surface area contributed by atoms with E-state index in [1.165, 1.54) is 11.9 Å². The van der Waals surface area contributed by atoms with Crippen LogP contribution in [0.15, 0.2) is 47.3 Å². The summed E-state index contributed by atoms with van der Waals surface area (Å²) in [7, 11) is 0. The summed E-state index contributed by atoms with van der Waals surface area (Å²) in [6.45, 7) is 4.95. The molecule has 1 amide bonds. The van der Waals surface area contributed by atoms with Gasteiger partial charge in [-0.1, -0.05) is 37.3 Å². The monoisotopic (exact) mass is 528 g/mol. The van der Waals surface area contributed by atoms with Gasteiger partial charge < -0.3 is 26.0 Å². The van der Waals surface area contributed by atoms with Gasteiger partial charge >= 0.3 is 0 Å². The first-order valence-corrected chi connectivity index (χ1v) is 12.7. The quantitative estimate of drug-likeness (QED) is 0.300. The van der Waals surface area contributed by atoms with E-state index in [0.29, 0.717) is 25.3 Å². The Kier molecular flexibility index (Phi) is 8.18. The van der Waals surface area contributed by atoms with Crippen molar-refractivity contribution < 1.29 is 9.90 Å². The molecule has 2 aromatic heterocycles. The normalized spacial score (nSPS) is 22.3. The predicted molar refractivity (Wildman–Crippen MR) is 137 cm³/mol. The van der Waals surface area contributed by atoms with E-state index >= 15 is 0 Å². The lowest BCUT2D eigenvalue weighted by molar-refractivity contribution is -0.126. The molecule has 0 aliphatic heterocycles. The summed E-state index contributed by atoms with van der Waals surface area (Å²) in [6, 6.07) is 10.4. The molecule has 0 saturated heterocycles. The zero-order valence-corrected chi connectivity index (χ0v) is 21.0. The number of hydrogen-bond donors (Lipinski definition) is 4. The van der Waals surface area contributed by atoms with Gasteiger partial charge in [-0.2, -0.15) is 0 Å². The van der Waals surface area contributed by atoms with Crippen LogP contribution in [-0.2, 0) is 17.8 Å². The molecule has 1 aliphatic carbocycles. The molecule has 1 aliphatic rings. The maximum atomic E-state index is 12.8. The molecule has 9 heteroatoms. The number of carbonyl (C=O) groups excluding carboxylic acids is 1. The second-order valence-electron chi connectivity index (χ2n) is 9.17. The minimum atomic E-state index is -0.550. The maximum absolute atomic E-state index is 12.8. The molecular weight excluding hydrogens is 496 g/mol. The summed E-state index contributed by atoms with van der Waals surface area (Å²) in [6.07, 6.45) is 5.33. The van der Waals surface area contributed by atoms with Crippen molar-refractivity contribution >= 4 is 38.7 Å². The third-order valence-electron chi connectivity index (χ3n) is 6.88. The van der Waals surface area contributed by atoms with Crippen LogP contribution in [0.5, 0.6) is 0 Å². The number of benzene rings is 1. The number of nitrogens with two attached hydrogens (primary N) is 1. The summed E-state index contributed by atoms with van der Waals surface area (Å²) < 4.78 is 2.81. The largest absolute Gasteiger partial charge is 0.392 e. The highest BCUT2D eigenvalue weighted by molar-refractivity contribution is 9.10. The van der Waals surface area contributed by atoms with Crippen LogP contribution in [0.1, 0.15) is 25.3 Å². The van der Waals surface area contributed by atoms with Crippen molar-refractivity contribution in [3.63, 3.8) is 0 Å². The van der Waals surface area contributed by atoms with E-state index in [9.17, 15) is 9.90 Å². The van der Waals surface area contributed by atoms with Gasteiger partial charge in [0, 0.05) is 35.6 Å². The van der Waals surface area contributed by atoms with Gasteiger partial charge in [-0.3, -0.25) is 4.79 Å². The summed E-state index contributed by atoms with van der Waals surface area (Å²) in [5, 5.41) is 18.1. The molecule has 4 rings (SSSR count). The van der Waals surface area contributed by atoms with Gasteiger partial charge in [0.2, 0.25) is 5.91 Å². The van der Waals surface area contributed by atoms with Crippen molar-refractivity contribution in [1.29, 1.82) is 0 Å². The van der Waals surface area contributed by atoms with Gasteiger partial charge in [-0.15, -0.1) is 0 Å². The molecule has 0 radical (unpaired) electrons. The van der Waals surface area contributed by atoms with Crippen molar-refractivity contribution in [3.8, 4) is 0 Å². The van der Waals surface area contributed by atoms with Gasteiger partial charge in [0.15, 0.2) is 0 Å². The smallest absolute Gasteiger partial charge is 0.223 e. The second-order valence-corrected chi connectivity index (χ2v) is 10.0. The SMILES string of the molecule is C[C@@H]1[C@@H](C(=O)NCCCNCCc2ccccc2)CC(Cn2cc(Br)c3c(N)ncnc32)[C@@H]1O. The van der Waals surface area contributed by atoms with Gasteiger partial charge in [0.1, 0.15) is 17.8 Å². The Morgan fingerprint density at radius 2 is 2.03 bits per heavy atom. The number of nitrogens with one attached hydrogen (secondary N) is 2. The van der Waals surface area contributed by atoms with Crippen molar-refractivity contribution in [3.05, 3.63) is 52.9 Å². The molecular formula is C25H33BrN6O2. The Balaban J connectivity index is 1.23. The highest BCUT2D eigenvalue weighted by atomic mass is 79.9. The first-order valence-electron chi connectivity index (χ1n) is 11.9. The standard InChI is InChI=1S/C25H33BrN6O2/c1-16-19(25(34)29-10-5-9-28-11-8-17-6-3-2-4-7-17)12-18(22(16)33)13-32-14-20(26)21-23(27)30-15-31-24(21)32/h2-4,6-7,14-16,18-19,22,28,33H,5,8-13H2,1H3,(H,29,34)(H2,27,30,31)/t16-,18?,19+,22-/m1/s1. The number of nitrogen functional groups attached to an aromatic ring is 1. The first kappa shape index (κ1) is 24.6. The van der Waals surface area contributed by atoms with E-state index in [-0.39, 0.29) is 23.7 Å². The molecule has 182 valence electrons. The summed E-state index contributed by atoms with van der Waals surface area (Å²) in [5.74, 6) is 0.116. The molecule has 2 heterocycles. The number of aliphatic hydroxyl groups is 1. The number of rotatable bonds is 10. The van der Waals surface area contributed by atoms with E-state index < -0.39 is 6.10 Å². The molecule has 34 heavy (non-hydrogen) atoms. The van der Waals surface area contributed by atoms with E-state index in [4.69, 9.17) is 5.73 Å². The van der Waals surface area contributed by atoms with Crippen LogP contribution in [0.25, 0.3) is 11.0 Å². The van der Waals surface area contributed by atoms with Crippen molar-refractivity contribution in [1.82, 2.24) is 25.2 Å². The number of aromatic nitrogens is 3. The number of halogens is 1. The fraction of sp³-hybridized carbons (Fsp3) is 0.480. The number of hydrogen-bond acceptors (Lipinski definition) is 6. The lowest BCUT2D eigenvalue weighted by Crippen LogP contribution is -2.35. The molecule has 5 N–H and O–H groups in total. The summed E-state index contributed by atoms with van der Waals surface area (Å²) in [5.41, 5.74) is 8.05. The van der Waals surface area contributed by atoms with Gasteiger partial charge in [-0.05, 0) is 59.8 Å². The molecule has 1 saturated carbocycles. The average molecular weight is 529 g/mol. The van der Waals surface area contributed by atoms with Crippen LogP contribution in [0.3, 0.4) is 0 Å². The van der Waals surface area contributed by atoms with Crippen LogP contribution >= 0.6 is 15.9 Å². The van der Waals surface area contributed by atoms with Crippen molar-refractivity contribution in [2.24, 2.45) is 17.8 Å². The third kappa shape index (κ3) is 5.59. The topological polar surface area (TPSA) is 118 Å². The van der Waals surface area contributed by atoms with Gasteiger partial charge in [0.05, 0.1) is 11.5 Å². The molecule has 1 fully saturated rings. The lowest BCUT2D eigenvalue weighted by atomic mass is 9.96. The Labute approximate surface area is 208 Å². The zero-order valence-electron chi connectivity index (χ0n) is 19.5. The van der Waals surface area contributed by atoms with Crippen LogP contribution in [-0.4, -0.2) is 51.3 Å². The predicted octanol–water partition coefficient (Wildman–Crippen LogP) is 2.75. The third-order valence-corrected chi connectivity index (χ3v) is 7.48. The fourth-order valence-electron chi connectivity index (χ4n) is 4.93. The minimum Gasteiger partial charge on any atom is -0.392 e. The first-order chi connectivity index (χ1) is 16.5. The zero-order chi connectivity index (χ0) is 24.1. The van der Waals surface area contributed by atoms with E-state index in [1.54, 1.807) is 0 Å². The minimum absolute atomic E-state index is 0.0310. The number of amides is 1. The molecule has 1 unspecified atom stereocenters. The fourth-order valence-corrected chi connectivity index (χ4v) is 5.55. The molecule has 0 spiro atoms.